The van der Waals surface area contributed by atoms with Crippen LogP contribution in [0.3, 0.4) is 0 Å². The summed E-state index contributed by atoms with van der Waals surface area (Å²) in [6, 6.07) is 0. The lowest BCUT2D eigenvalue weighted by molar-refractivity contribution is -0.161. The molecule has 0 saturated carbocycles. The summed E-state index contributed by atoms with van der Waals surface area (Å²) in [4.78, 5) is 72.8. The summed E-state index contributed by atoms with van der Waals surface area (Å²) in [6.07, 6.45) is 56.6. The Morgan fingerprint density at radius 2 is 0.489 bits per heavy atom. The van der Waals surface area contributed by atoms with Gasteiger partial charge in [0.1, 0.15) is 19.3 Å². The summed E-state index contributed by atoms with van der Waals surface area (Å²) < 4.78 is 68.5. The molecule has 0 aliphatic carbocycles. The second-order valence-corrected chi connectivity index (χ2v) is 30.4. The van der Waals surface area contributed by atoms with Gasteiger partial charge >= 0.3 is 39.5 Å². The zero-order valence-corrected chi connectivity index (χ0v) is 62.9. The molecule has 0 bridgehead atoms. The molecule has 5 atom stereocenters. The molecule has 0 rings (SSSR count). The van der Waals surface area contributed by atoms with Crippen molar-refractivity contribution in [1.82, 2.24) is 0 Å². The summed E-state index contributed by atoms with van der Waals surface area (Å²) in [7, 11) is -9.91. The molecule has 3 N–H and O–H groups in total. The summed E-state index contributed by atoms with van der Waals surface area (Å²) in [5.41, 5.74) is 0. The number of phosphoric ester groups is 2. The zero-order chi connectivity index (χ0) is 69.1. The molecule has 0 aromatic heterocycles. The van der Waals surface area contributed by atoms with Crippen molar-refractivity contribution in [1.29, 1.82) is 0 Å². The Balaban J connectivity index is 5.25. The van der Waals surface area contributed by atoms with Gasteiger partial charge in [0.15, 0.2) is 12.2 Å². The maximum absolute atomic E-state index is 13.1. The minimum Gasteiger partial charge on any atom is -0.462 e. The first-order valence-corrected chi connectivity index (χ1v) is 42.1. The van der Waals surface area contributed by atoms with Gasteiger partial charge in [-0.25, -0.2) is 9.13 Å². The molecule has 0 amide bonds. The van der Waals surface area contributed by atoms with Crippen LogP contribution in [0.5, 0.6) is 0 Å². The lowest BCUT2D eigenvalue weighted by Gasteiger charge is -2.21. The average Bonchev–Trinajstić information content (AvgIpc) is 2.07. The fourth-order valence-electron chi connectivity index (χ4n) is 11.5. The molecule has 0 fully saturated rings. The Morgan fingerprint density at radius 1 is 0.287 bits per heavy atom. The minimum atomic E-state index is -4.96. The molecule has 0 spiro atoms. The predicted octanol–water partition coefficient (Wildman–Crippen LogP) is 22.1. The normalized spacial score (nSPS) is 14.0. The summed E-state index contributed by atoms with van der Waals surface area (Å²) in [5.74, 6) is -1.32. The number of phosphoric acid groups is 2. The zero-order valence-electron chi connectivity index (χ0n) is 61.1. The van der Waals surface area contributed by atoms with Crippen LogP contribution in [0.2, 0.25) is 0 Å². The SMILES string of the molecule is CCCCCCCCCCCCCCCCC(=O)OC[C@H](COP(=O)(O)OC[C@@H](O)COP(=O)(O)OC[C@@H](COC(=O)CCCCCCCCCCCCC)OC(=O)CCCCCCCCCCCCCCC)OC(=O)CCCCCCCCCCCCCCCC(C)C. The van der Waals surface area contributed by atoms with Gasteiger partial charge in [-0.15, -0.1) is 0 Å². The molecule has 0 aromatic rings. The minimum absolute atomic E-state index is 0.108. The second kappa shape index (κ2) is 68.2. The van der Waals surface area contributed by atoms with E-state index in [9.17, 15) is 43.2 Å². The maximum atomic E-state index is 13.1. The monoisotopic (exact) mass is 1380 g/mol. The predicted molar refractivity (Wildman–Crippen MR) is 382 cm³/mol. The van der Waals surface area contributed by atoms with Gasteiger partial charge < -0.3 is 33.8 Å². The van der Waals surface area contributed by atoms with Crippen LogP contribution in [0.4, 0.5) is 0 Å². The number of hydrogen-bond acceptors (Lipinski definition) is 15. The van der Waals surface area contributed by atoms with Gasteiger partial charge in [0.05, 0.1) is 26.4 Å². The van der Waals surface area contributed by atoms with E-state index >= 15 is 0 Å². The van der Waals surface area contributed by atoms with Crippen molar-refractivity contribution >= 4 is 39.5 Å². The number of ether oxygens (including phenoxy) is 4. The van der Waals surface area contributed by atoms with Gasteiger partial charge in [-0.3, -0.25) is 37.3 Å². The van der Waals surface area contributed by atoms with Crippen molar-refractivity contribution in [2.24, 2.45) is 5.92 Å². The number of rotatable bonds is 75. The molecular weight excluding hydrogens is 1230 g/mol. The van der Waals surface area contributed by atoms with E-state index in [1.807, 2.05) is 0 Å². The van der Waals surface area contributed by atoms with Gasteiger partial charge in [-0.1, -0.05) is 343 Å². The van der Waals surface area contributed by atoms with Gasteiger partial charge in [0, 0.05) is 25.7 Å². The van der Waals surface area contributed by atoms with E-state index in [2.05, 4.69) is 34.6 Å². The van der Waals surface area contributed by atoms with E-state index in [4.69, 9.17) is 37.0 Å². The Morgan fingerprint density at radius 3 is 0.723 bits per heavy atom. The van der Waals surface area contributed by atoms with E-state index < -0.39 is 97.5 Å². The highest BCUT2D eigenvalue weighted by Crippen LogP contribution is 2.45. The molecule has 0 saturated heterocycles. The third kappa shape index (κ3) is 68.6. The molecular formula is C75H146O17P2. The van der Waals surface area contributed by atoms with Gasteiger partial charge in [0.25, 0.3) is 0 Å². The number of unbranched alkanes of at least 4 members (excludes halogenated alkanes) is 47. The van der Waals surface area contributed by atoms with Crippen molar-refractivity contribution in [2.75, 3.05) is 39.6 Å². The first-order valence-electron chi connectivity index (χ1n) is 39.1. The summed E-state index contributed by atoms with van der Waals surface area (Å²) in [6.45, 7) is 7.31. The molecule has 0 aliphatic rings. The molecule has 19 heteroatoms. The van der Waals surface area contributed by atoms with Crippen LogP contribution in [-0.2, 0) is 65.4 Å². The lowest BCUT2D eigenvalue weighted by Crippen LogP contribution is -2.30. The maximum Gasteiger partial charge on any atom is 0.472 e. The Bertz CT molecular complexity index is 1810. The van der Waals surface area contributed by atoms with E-state index in [1.54, 1.807) is 0 Å². The first kappa shape index (κ1) is 92.1. The lowest BCUT2D eigenvalue weighted by atomic mass is 10.0. The third-order valence-electron chi connectivity index (χ3n) is 17.5. The number of carbonyl (C=O) groups is 4. The van der Waals surface area contributed by atoms with E-state index in [-0.39, 0.29) is 25.7 Å². The van der Waals surface area contributed by atoms with Gasteiger partial charge in [-0.05, 0) is 31.6 Å². The van der Waals surface area contributed by atoms with Crippen molar-refractivity contribution in [2.45, 2.75) is 412 Å². The molecule has 0 aromatic carbocycles. The van der Waals surface area contributed by atoms with Crippen LogP contribution < -0.4 is 0 Å². The summed E-state index contributed by atoms with van der Waals surface area (Å²) >= 11 is 0. The van der Waals surface area contributed by atoms with Gasteiger partial charge in [0.2, 0.25) is 0 Å². The number of hydrogen-bond donors (Lipinski definition) is 3. The molecule has 0 aliphatic heterocycles. The van der Waals surface area contributed by atoms with Gasteiger partial charge in [-0.2, -0.15) is 0 Å². The molecule has 17 nitrogen and oxygen atoms in total. The average molecular weight is 1380 g/mol. The smallest absolute Gasteiger partial charge is 0.462 e. The van der Waals surface area contributed by atoms with E-state index in [1.165, 1.54) is 218 Å². The van der Waals surface area contributed by atoms with Crippen LogP contribution in [0.15, 0.2) is 0 Å². The standard InChI is InChI=1S/C75H146O17P2/c1-6-9-12-15-18-21-24-26-30-34-39-44-49-54-59-73(78)86-65-71(92-75(80)61-56-51-46-41-36-31-27-29-33-37-42-47-52-57-68(4)5)67-90-94(83,84)88-63-69(76)62-87-93(81,82)89-66-70(64-85-72(77)58-53-48-43-38-32-23-20-17-14-11-8-3)91-74(79)60-55-50-45-40-35-28-25-22-19-16-13-10-7-2/h68-71,76H,6-67H2,1-5H3,(H,81,82)(H,83,84)/t69-,70+,71+/m0/s1. The third-order valence-corrected chi connectivity index (χ3v) is 19.4. The Kier molecular flexibility index (Phi) is 66.8. The molecule has 0 heterocycles. The van der Waals surface area contributed by atoms with Crippen molar-refractivity contribution in [3.8, 4) is 0 Å². The molecule has 0 radical (unpaired) electrons. The van der Waals surface area contributed by atoms with Crippen molar-refractivity contribution in [3.63, 3.8) is 0 Å². The number of aliphatic hydroxyl groups excluding tert-OH is 1. The number of aliphatic hydroxyl groups is 1. The highest BCUT2D eigenvalue weighted by molar-refractivity contribution is 7.47. The molecule has 94 heavy (non-hydrogen) atoms. The van der Waals surface area contributed by atoms with Crippen LogP contribution in [0.1, 0.15) is 394 Å². The summed E-state index contributed by atoms with van der Waals surface area (Å²) in [5, 5.41) is 10.6. The van der Waals surface area contributed by atoms with Crippen LogP contribution in [0, 0.1) is 5.92 Å². The Labute approximate surface area is 575 Å². The fourth-order valence-corrected chi connectivity index (χ4v) is 13.1. The Hall–Kier alpha value is -1.94. The molecule has 558 valence electrons. The highest BCUT2D eigenvalue weighted by atomic mass is 31.2. The van der Waals surface area contributed by atoms with Crippen molar-refractivity contribution < 1.29 is 80.2 Å². The van der Waals surface area contributed by atoms with Crippen LogP contribution >= 0.6 is 15.6 Å². The quantitative estimate of drug-likeness (QED) is 0.0222. The van der Waals surface area contributed by atoms with Crippen LogP contribution in [0.25, 0.3) is 0 Å². The number of esters is 4. The second-order valence-electron chi connectivity index (χ2n) is 27.5. The highest BCUT2D eigenvalue weighted by Gasteiger charge is 2.30. The number of carbonyl (C=O) groups excluding carboxylic acids is 4. The first-order chi connectivity index (χ1) is 45.5. The van der Waals surface area contributed by atoms with Crippen LogP contribution in [-0.4, -0.2) is 96.7 Å². The molecule has 2 unspecified atom stereocenters. The fraction of sp³-hybridized carbons (Fsp3) is 0.947. The van der Waals surface area contributed by atoms with Crippen molar-refractivity contribution in [3.05, 3.63) is 0 Å². The topological polar surface area (TPSA) is 237 Å². The van der Waals surface area contributed by atoms with E-state index in [0.29, 0.717) is 25.7 Å². The van der Waals surface area contributed by atoms with E-state index in [0.717, 1.165) is 95.8 Å². The largest absolute Gasteiger partial charge is 0.472 e.